The molecule has 1 amide bonds. The molecule has 2 aromatic carbocycles. The molecule has 0 aliphatic carbocycles. The summed E-state index contributed by atoms with van der Waals surface area (Å²) in [6.07, 6.45) is 1.04. The third-order valence-electron chi connectivity index (χ3n) is 5.09. The average molecular weight is 341 g/mol. The van der Waals surface area contributed by atoms with Crippen molar-refractivity contribution < 1.29 is 9.18 Å². The van der Waals surface area contributed by atoms with Crippen LogP contribution in [0.2, 0.25) is 0 Å². The summed E-state index contributed by atoms with van der Waals surface area (Å²) in [5.41, 5.74) is 8.87. The Kier molecular flexibility index (Phi) is 4.77. The number of amides is 1. The van der Waals surface area contributed by atoms with E-state index in [0.717, 1.165) is 36.2 Å². The minimum Gasteiger partial charge on any atom is -0.368 e. The van der Waals surface area contributed by atoms with Crippen molar-refractivity contribution in [1.82, 2.24) is 4.90 Å². The summed E-state index contributed by atoms with van der Waals surface area (Å²) in [6.45, 7) is 3.53. The summed E-state index contributed by atoms with van der Waals surface area (Å²) < 4.78 is 14.8. The molecule has 4 nitrogen and oxygen atoms in total. The molecule has 132 valence electrons. The molecule has 3 rings (SSSR count). The van der Waals surface area contributed by atoms with Gasteiger partial charge in [0.15, 0.2) is 0 Å². The highest BCUT2D eigenvalue weighted by molar-refractivity contribution is 5.96. The normalized spacial score (nSPS) is 17.3. The monoisotopic (exact) mass is 341 g/mol. The lowest BCUT2D eigenvalue weighted by molar-refractivity contribution is 0.1000. The zero-order valence-corrected chi connectivity index (χ0v) is 14.9. The highest BCUT2D eigenvalue weighted by Gasteiger charge is 2.26. The Balaban J connectivity index is 1.91. The number of carbonyl (C=O) groups excluding carboxylic acids is 1. The number of primary amides is 1. The van der Waals surface area contributed by atoms with E-state index in [9.17, 15) is 9.18 Å². The molecule has 1 aliphatic rings. The Morgan fingerprint density at radius 1 is 1.28 bits per heavy atom. The van der Waals surface area contributed by atoms with E-state index in [1.807, 2.05) is 25.1 Å². The van der Waals surface area contributed by atoms with Gasteiger partial charge < -0.3 is 15.5 Å². The second-order valence-corrected chi connectivity index (χ2v) is 6.86. The quantitative estimate of drug-likeness (QED) is 0.930. The van der Waals surface area contributed by atoms with Crippen LogP contribution in [0.15, 0.2) is 36.4 Å². The molecule has 1 heterocycles. The SMILES string of the molecule is Cc1c(C(N)=O)cccc1-c1ccc(N2CCC(N(C)C)C2)c(F)c1. The molecule has 1 fully saturated rings. The van der Waals surface area contributed by atoms with E-state index in [-0.39, 0.29) is 5.82 Å². The zero-order valence-electron chi connectivity index (χ0n) is 14.9. The first kappa shape index (κ1) is 17.4. The van der Waals surface area contributed by atoms with Crippen LogP contribution in [0.4, 0.5) is 10.1 Å². The molecule has 0 saturated carbocycles. The second-order valence-electron chi connectivity index (χ2n) is 6.86. The van der Waals surface area contributed by atoms with Crippen molar-refractivity contribution in [3.05, 3.63) is 53.3 Å². The van der Waals surface area contributed by atoms with Gasteiger partial charge in [-0.25, -0.2) is 4.39 Å². The van der Waals surface area contributed by atoms with Crippen molar-refractivity contribution in [1.29, 1.82) is 0 Å². The smallest absolute Gasteiger partial charge is 0.248 e. The summed E-state index contributed by atoms with van der Waals surface area (Å²) in [5.74, 6) is -0.705. The van der Waals surface area contributed by atoms with Crippen LogP contribution in [0.3, 0.4) is 0 Å². The molecule has 1 saturated heterocycles. The van der Waals surface area contributed by atoms with Crippen LogP contribution in [-0.2, 0) is 0 Å². The fraction of sp³-hybridized carbons (Fsp3) is 0.350. The Bertz CT molecular complexity index is 804. The largest absolute Gasteiger partial charge is 0.368 e. The van der Waals surface area contributed by atoms with E-state index in [0.29, 0.717) is 17.3 Å². The molecule has 2 N–H and O–H groups in total. The predicted octanol–water partition coefficient (Wildman–Crippen LogP) is 3.04. The fourth-order valence-corrected chi connectivity index (χ4v) is 3.53. The topological polar surface area (TPSA) is 49.6 Å². The Hall–Kier alpha value is -2.40. The van der Waals surface area contributed by atoms with Crippen molar-refractivity contribution in [2.24, 2.45) is 5.73 Å². The molecular weight excluding hydrogens is 317 g/mol. The molecular formula is C20H24FN3O. The van der Waals surface area contributed by atoms with E-state index in [1.165, 1.54) is 0 Å². The van der Waals surface area contributed by atoms with E-state index in [2.05, 4.69) is 23.9 Å². The molecule has 0 radical (unpaired) electrons. The summed E-state index contributed by atoms with van der Waals surface area (Å²) in [7, 11) is 4.12. The van der Waals surface area contributed by atoms with Crippen LogP contribution < -0.4 is 10.6 Å². The van der Waals surface area contributed by atoms with Crippen LogP contribution in [-0.4, -0.2) is 44.0 Å². The van der Waals surface area contributed by atoms with Crippen LogP contribution >= 0.6 is 0 Å². The molecule has 0 spiro atoms. The van der Waals surface area contributed by atoms with Crippen LogP contribution in [0.1, 0.15) is 22.3 Å². The molecule has 2 aromatic rings. The lowest BCUT2D eigenvalue weighted by Gasteiger charge is -2.22. The van der Waals surface area contributed by atoms with Crippen LogP contribution in [0.25, 0.3) is 11.1 Å². The first-order chi connectivity index (χ1) is 11.9. The molecule has 0 aromatic heterocycles. The highest BCUT2D eigenvalue weighted by atomic mass is 19.1. The van der Waals surface area contributed by atoms with Crippen LogP contribution in [0, 0.1) is 12.7 Å². The minimum absolute atomic E-state index is 0.235. The van der Waals surface area contributed by atoms with Gasteiger partial charge in [-0.3, -0.25) is 4.79 Å². The molecule has 1 aliphatic heterocycles. The standard InChI is InChI=1S/C20H24FN3O/c1-13-16(5-4-6-17(13)20(22)25)14-7-8-19(18(21)11-14)24-10-9-15(12-24)23(2)3/h4-8,11,15H,9-10,12H2,1-3H3,(H2,22,25). The third-order valence-corrected chi connectivity index (χ3v) is 5.09. The van der Waals surface area contributed by atoms with Crippen molar-refractivity contribution >= 4 is 11.6 Å². The van der Waals surface area contributed by atoms with Gasteiger partial charge in [-0.15, -0.1) is 0 Å². The van der Waals surface area contributed by atoms with Gasteiger partial charge >= 0.3 is 0 Å². The lowest BCUT2D eigenvalue weighted by Crippen LogP contribution is -2.31. The Morgan fingerprint density at radius 2 is 2.04 bits per heavy atom. The first-order valence-electron chi connectivity index (χ1n) is 8.49. The van der Waals surface area contributed by atoms with Crippen molar-refractivity contribution in [2.45, 2.75) is 19.4 Å². The number of nitrogens with zero attached hydrogens (tertiary/aromatic N) is 2. The first-order valence-corrected chi connectivity index (χ1v) is 8.49. The van der Waals surface area contributed by atoms with Gasteiger partial charge in [0.25, 0.3) is 0 Å². The maximum absolute atomic E-state index is 14.8. The lowest BCUT2D eigenvalue weighted by atomic mass is 9.96. The van der Waals surface area contributed by atoms with Gasteiger partial charge in [0, 0.05) is 24.7 Å². The third kappa shape index (κ3) is 3.37. The number of nitrogens with two attached hydrogens (primary N) is 1. The van der Waals surface area contributed by atoms with Gasteiger partial charge in [0.1, 0.15) is 5.82 Å². The van der Waals surface area contributed by atoms with Crippen LogP contribution in [0.5, 0.6) is 0 Å². The van der Waals surface area contributed by atoms with E-state index < -0.39 is 5.91 Å². The van der Waals surface area contributed by atoms with Crippen molar-refractivity contribution in [2.75, 3.05) is 32.1 Å². The number of rotatable bonds is 4. The molecule has 0 bridgehead atoms. The summed E-state index contributed by atoms with van der Waals surface area (Å²) in [6, 6.07) is 11.1. The number of hydrogen-bond acceptors (Lipinski definition) is 3. The zero-order chi connectivity index (χ0) is 18.1. The van der Waals surface area contributed by atoms with E-state index in [1.54, 1.807) is 18.2 Å². The average Bonchev–Trinajstić information content (AvgIpc) is 3.04. The van der Waals surface area contributed by atoms with Gasteiger partial charge in [-0.2, -0.15) is 0 Å². The number of likely N-dealkylation sites (N-methyl/N-ethyl adjacent to an activating group) is 1. The molecule has 1 unspecified atom stereocenters. The van der Waals surface area contributed by atoms with E-state index >= 15 is 0 Å². The number of carbonyl (C=O) groups is 1. The Morgan fingerprint density at radius 3 is 2.64 bits per heavy atom. The summed E-state index contributed by atoms with van der Waals surface area (Å²) in [4.78, 5) is 15.8. The maximum atomic E-state index is 14.8. The Labute approximate surface area is 148 Å². The van der Waals surface area contributed by atoms with Gasteiger partial charge in [0.05, 0.1) is 5.69 Å². The number of benzene rings is 2. The number of halogens is 1. The molecule has 5 heteroatoms. The number of anilines is 1. The molecule has 25 heavy (non-hydrogen) atoms. The second kappa shape index (κ2) is 6.84. The summed E-state index contributed by atoms with van der Waals surface area (Å²) in [5, 5.41) is 0. The number of hydrogen-bond donors (Lipinski definition) is 1. The molecule has 1 atom stereocenters. The predicted molar refractivity (Wildman–Crippen MR) is 99.4 cm³/mol. The van der Waals surface area contributed by atoms with Crippen molar-refractivity contribution in [3.63, 3.8) is 0 Å². The minimum atomic E-state index is -0.469. The maximum Gasteiger partial charge on any atom is 0.248 e. The summed E-state index contributed by atoms with van der Waals surface area (Å²) >= 11 is 0. The van der Waals surface area contributed by atoms with Gasteiger partial charge in [-0.1, -0.05) is 18.2 Å². The fourth-order valence-electron chi connectivity index (χ4n) is 3.53. The highest BCUT2D eigenvalue weighted by Crippen LogP contribution is 2.31. The van der Waals surface area contributed by atoms with Gasteiger partial charge in [0.2, 0.25) is 5.91 Å². The van der Waals surface area contributed by atoms with Crippen molar-refractivity contribution in [3.8, 4) is 11.1 Å². The van der Waals surface area contributed by atoms with Gasteiger partial charge in [-0.05, 0) is 62.3 Å². The van der Waals surface area contributed by atoms with E-state index in [4.69, 9.17) is 5.73 Å².